The summed E-state index contributed by atoms with van der Waals surface area (Å²) in [6.45, 7) is 6.09. The highest BCUT2D eigenvalue weighted by atomic mass is 16.5. The van der Waals surface area contributed by atoms with Gasteiger partial charge >= 0.3 is 5.97 Å². The van der Waals surface area contributed by atoms with E-state index < -0.39 is 5.97 Å². The standard InChI is InChI=1S/C14H19NO3/c1-9(2)11-6-5-10(3)12(7-11)15-13(16)8-14(17)18-4/h5-7,9H,8H2,1-4H3,(H,15,16). The topological polar surface area (TPSA) is 55.4 Å². The van der Waals surface area contributed by atoms with E-state index in [0.717, 1.165) is 16.8 Å². The predicted molar refractivity (Wildman–Crippen MR) is 70.5 cm³/mol. The normalized spacial score (nSPS) is 10.3. The maximum absolute atomic E-state index is 11.6. The molecule has 0 saturated carbocycles. The average Bonchev–Trinajstić information content (AvgIpc) is 2.31. The number of esters is 1. The summed E-state index contributed by atoms with van der Waals surface area (Å²) in [5, 5.41) is 2.73. The summed E-state index contributed by atoms with van der Waals surface area (Å²) in [5.41, 5.74) is 2.86. The molecule has 0 heterocycles. The Hall–Kier alpha value is -1.84. The maximum atomic E-state index is 11.6. The fraction of sp³-hybridized carbons (Fsp3) is 0.429. The summed E-state index contributed by atoms with van der Waals surface area (Å²) in [5.74, 6) is -0.502. The van der Waals surface area contributed by atoms with E-state index in [-0.39, 0.29) is 12.3 Å². The van der Waals surface area contributed by atoms with Gasteiger partial charge in [-0.05, 0) is 30.0 Å². The quantitative estimate of drug-likeness (QED) is 0.659. The second-order valence-electron chi connectivity index (χ2n) is 4.53. The molecule has 1 aromatic carbocycles. The number of benzene rings is 1. The van der Waals surface area contributed by atoms with Crippen molar-refractivity contribution in [2.75, 3.05) is 12.4 Å². The van der Waals surface area contributed by atoms with Gasteiger partial charge in [-0.3, -0.25) is 9.59 Å². The van der Waals surface area contributed by atoms with Crippen molar-refractivity contribution in [1.82, 2.24) is 0 Å². The fourth-order valence-corrected chi connectivity index (χ4v) is 1.53. The van der Waals surface area contributed by atoms with Crippen LogP contribution >= 0.6 is 0 Å². The maximum Gasteiger partial charge on any atom is 0.315 e. The van der Waals surface area contributed by atoms with Gasteiger partial charge in [0.25, 0.3) is 0 Å². The van der Waals surface area contributed by atoms with Crippen LogP contribution in [0.5, 0.6) is 0 Å². The van der Waals surface area contributed by atoms with E-state index >= 15 is 0 Å². The van der Waals surface area contributed by atoms with Gasteiger partial charge in [-0.15, -0.1) is 0 Å². The summed E-state index contributed by atoms with van der Waals surface area (Å²) in [7, 11) is 1.26. The number of carbonyl (C=O) groups is 2. The highest BCUT2D eigenvalue weighted by Gasteiger charge is 2.11. The van der Waals surface area contributed by atoms with Gasteiger partial charge < -0.3 is 10.1 Å². The molecule has 1 aromatic rings. The van der Waals surface area contributed by atoms with Crippen molar-refractivity contribution >= 4 is 17.6 Å². The van der Waals surface area contributed by atoms with Crippen LogP contribution < -0.4 is 5.32 Å². The Morgan fingerprint density at radius 2 is 2.00 bits per heavy atom. The zero-order chi connectivity index (χ0) is 13.7. The Labute approximate surface area is 107 Å². The lowest BCUT2D eigenvalue weighted by molar-refractivity contribution is -0.142. The molecular weight excluding hydrogens is 230 g/mol. The van der Waals surface area contributed by atoms with Crippen molar-refractivity contribution in [3.8, 4) is 0 Å². The molecular formula is C14H19NO3. The molecule has 0 fully saturated rings. The number of aryl methyl sites for hydroxylation is 1. The van der Waals surface area contributed by atoms with Crippen LogP contribution in [0.3, 0.4) is 0 Å². The molecule has 98 valence electrons. The average molecular weight is 249 g/mol. The van der Waals surface area contributed by atoms with Crippen molar-refractivity contribution in [3.63, 3.8) is 0 Å². The highest BCUT2D eigenvalue weighted by Crippen LogP contribution is 2.22. The summed E-state index contributed by atoms with van der Waals surface area (Å²) >= 11 is 0. The van der Waals surface area contributed by atoms with Crippen LogP contribution in [0.1, 0.15) is 37.3 Å². The minimum Gasteiger partial charge on any atom is -0.469 e. The Morgan fingerprint density at radius 1 is 1.33 bits per heavy atom. The number of anilines is 1. The molecule has 4 heteroatoms. The number of ether oxygens (including phenoxy) is 1. The molecule has 0 radical (unpaired) electrons. The van der Waals surface area contributed by atoms with E-state index in [1.807, 2.05) is 25.1 Å². The number of carbonyl (C=O) groups excluding carboxylic acids is 2. The second kappa shape index (κ2) is 6.19. The van der Waals surface area contributed by atoms with Gasteiger partial charge in [-0.1, -0.05) is 26.0 Å². The number of hydrogen-bond acceptors (Lipinski definition) is 3. The van der Waals surface area contributed by atoms with Gasteiger partial charge in [0.1, 0.15) is 6.42 Å². The zero-order valence-electron chi connectivity index (χ0n) is 11.2. The van der Waals surface area contributed by atoms with E-state index in [1.165, 1.54) is 7.11 Å². The molecule has 0 unspecified atom stereocenters. The van der Waals surface area contributed by atoms with Crippen LogP contribution in [-0.2, 0) is 14.3 Å². The number of amides is 1. The summed E-state index contributed by atoms with van der Waals surface area (Å²) in [4.78, 5) is 22.6. The van der Waals surface area contributed by atoms with Crippen LogP contribution in [0.25, 0.3) is 0 Å². The monoisotopic (exact) mass is 249 g/mol. The van der Waals surface area contributed by atoms with Gasteiger partial charge in [0.05, 0.1) is 7.11 Å². The lowest BCUT2D eigenvalue weighted by atomic mass is 10.0. The molecule has 0 aromatic heterocycles. The minimum absolute atomic E-state index is 0.262. The SMILES string of the molecule is COC(=O)CC(=O)Nc1cc(C(C)C)ccc1C. The van der Waals surface area contributed by atoms with Crippen molar-refractivity contribution in [1.29, 1.82) is 0 Å². The van der Waals surface area contributed by atoms with E-state index in [0.29, 0.717) is 5.92 Å². The first-order valence-corrected chi connectivity index (χ1v) is 5.91. The van der Waals surface area contributed by atoms with Crippen molar-refractivity contribution in [2.45, 2.75) is 33.1 Å². The second-order valence-corrected chi connectivity index (χ2v) is 4.53. The Balaban J connectivity index is 2.80. The molecule has 0 atom stereocenters. The summed E-state index contributed by atoms with van der Waals surface area (Å²) < 4.78 is 4.45. The summed E-state index contributed by atoms with van der Waals surface area (Å²) in [6, 6.07) is 5.94. The largest absolute Gasteiger partial charge is 0.469 e. The van der Waals surface area contributed by atoms with Crippen LogP contribution in [0.15, 0.2) is 18.2 Å². The van der Waals surface area contributed by atoms with Gasteiger partial charge in [0, 0.05) is 5.69 Å². The minimum atomic E-state index is -0.537. The third kappa shape index (κ3) is 3.87. The van der Waals surface area contributed by atoms with Crippen molar-refractivity contribution < 1.29 is 14.3 Å². The summed E-state index contributed by atoms with van der Waals surface area (Å²) in [6.07, 6.45) is -0.262. The number of hydrogen-bond donors (Lipinski definition) is 1. The predicted octanol–water partition coefficient (Wildman–Crippen LogP) is 2.62. The number of nitrogens with one attached hydrogen (secondary N) is 1. The molecule has 0 saturated heterocycles. The first-order valence-electron chi connectivity index (χ1n) is 5.91. The molecule has 1 amide bonds. The van der Waals surface area contributed by atoms with Crippen LogP contribution in [0.2, 0.25) is 0 Å². The van der Waals surface area contributed by atoms with E-state index in [4.69, 9.17) is 0 Å². The Bertz CT molecular complexity index is 452. The third-order valence-corrected chi connectivity index (χ3v) is 2.73. The Kier molecular flexibility index (Phi) is 4.89. The lowest BCUT2D eigenvalue weighted by Gasteiger charge is -2.12. The Morgan fingerprint density at radius 3 is 2.56 bits per heavy atom. The van der Waals surface area contributed by atoms with E-state index in [1.54, 1.807) is 0 Å². The lowest BCUT2D eigenvalue weighted by Crippen LogP contribution is -2.17. The number of methoxy groups -OCH3 is 1. The third-order valence-electron chi connectivity index (χ3n) is 2.73. The molecule has 1 rings (SSSR count). The molecule has 0 aliphatic heterocycles. The molecule has 0 spiro atoms. The van der Waals surface area contributed by atoms with Gasteiger partial charge in [-0.25, -0.2) is 0 Å². The fourth-order valence-electron chi connectivity index (χ4n) is 1.53. The van der Waals surface area contributed by atoms with Gasteiger partial charge in [-0.2, -0.15) is 0 Å². The molecule has 1 N–H and O–H groups in total. The highest BCUT2D eigenvalue weighted by molar-refractivity contribution is 6.02. The van der Waals surface area contributed by atoms with Gasteiger partial charge in [0.15, 0.2) is 0 Å². The molecule has 0 aliphatic carbocycles. The molecule has 18 heavy (non-hydrogen) atoms. The van der Waals surface area contributed by atoms with Crippen LogP contribution in [0.4, 0.5) is 5.69 Å². The molecule has 4 nitrogen and oxygen atoms in total. The first-order chi connectivity index (χ1) is 8.43. The van der Waals surface area contributed by atoms with Gasteiger partial charge in [0.2, 0.25) is 5.91 Å². The molecule has 0 bridgehead atoms. The smallest absolute Gasteiger partial charge is 0.315 e. The molecule has 0 aliphatic rings. The van der Waals surface area contributed by atoms with E-state index in [9.17, 15) is 9.59 Å². The number of rotatable bonds is 4. The van der Waals surface area contributed by atoms with Crippen LogP contribution in [-0.4, -0.2) is 19.0 Å². The first kappa shape index (κ1) is 14.2. The zero-order valence-corrected chi connectivity index (χ0v) is 11.2. The van der Waals surface area contributed by atoms with Crippen molar-refractivity contribution in [3.05, 3.63) is 29.3 Å². The van der Waals surface area contributed by atoms with Crippen molar-refractivity contribution in [2.24, 2.45) is 0 Å². The van der Waals surface area contributed by atoms with E-state index in [2.05, 4.69) is 23.9 Å². The van der Waals surface area contributed by atoms with Crippen LogP contribution in [0, 0.1) is 6.92 Å².